The van der Waals surface area contributed by atoms with Gasteiger partial charge in [-0.3, -0.25) is 14.4 Å². The van der Waals surface area contributed by atoms with E-state index in [2.05, 4.69) is 16.0 Å². The van der Waals surface area contributed by atoms with E-state index >= 15 is 0 Å². The third kappa shape index (κ3) is 6.32. The monoisotopic (exact) mass is 455 g/mol. The van der Waals surface area contributed by atoms with Crippen LogP contribution < -0.4 is 16.0 Å². The van der Waals surface area contributed by atoms with Crippen LogP contribution in [0.15, 0.2) is 78.9 Å². The lowest BCUT2D eigenvalue weighted by Crippen LogP contribution is -2.36. The number of nitrogens with one attached hydrogen (secondary N) is 3. The number of amides is 3. The summed E-state index contributed by atoms with van der Waals surface area (Å²) >= 11 is 0. The zero-order valence-electron chi connectivity index (χ0n) is 19.1. The maximum Gasteiger partial charge on any atom is 0.255 e. The molecule has 1 fully saturated rings. The van der Waals surface area contributed by atoms with Crippen molar-refractivity contribution in [1.29, 1.82) is 0 Å². The van der Waals surface area contributed by atoms with Gasteiger partial charge in [-0.25, -0.2) is 0 Å². The lowest BCUT2D eigenvalue weighted by atomic mass is 9.95. The Hall–Kier alpha value is -3.93. The number of hydrogen-bond acceptors (Lipinski definition) is 3. The molecule has 1 aliphatic rings. The van der Waals surface area contributed by atoms with Gasteiger partial charge in [-0.1, -0.05) is 61.7 Å². The van der Waals surface area contributed by atoms with E-state index in [1.165, 1.54) is 6.42 Å². The molecule has 4 rings (SSSR count). The summed E-state index contributed by atoms with van der Waals surface area (Å²) in [5, 5.41) is 8.80. The quantitative estimate of drug-likeness (QED) is 0.459. The molecule has 0 aromatic heterocycles. The minimum absolute atomic E-state index is 0.124. The average Bonchev–Trinajstić information content (AvgIpc) is 2.86. The summed E-state index contributed by atoms with van der Waals surface area (Å²) in [6.07, 6.45) is 5.75. The van der Waals surface area contributed by atoms with Gasteiger partial charge >= 0.3 is 0 Å². The molecule has 174 valence electrons. The molecule has 3 amide bonds. The molecule has 0 aliphatic heterocycles. The zero-order valence-corrected chi connectivity index (χ0v) is 19.1. The Morgan fingerprint density at radius 3 is 2.12 bits per heavy atom. The first-order valence-electron chi connectivity index (χ1n) is 11.7. The van der Waals surface area contributed by atoms with Gasteiger partial charge in [0.25, 0.3) is 11.8 Å². The summed E-state index contributed by atoms with van der Waals surface area (Å²) in [6.45, 7) is 0. The van der Waals surface area contributed by atoms with Gasteiger partial charge in [-0.05, 0) is 54.8 Å². The Bertz CT molecular complexity index is 1140. The number of carbonyl (C=O) groups excluding carboxylic acids is 3. The molecular formula is C28H29N3O3. The van der Waals surface area contributed by atoms with Crippen LogP contribution in [0, 0.1) is 0 Å². The molecule has 0 spiro atoms. The zero-order chi connectivity index (χ0) is 23.8. The number of rotatable bonds is 7. The maximum absolute atomic E-state index is 12.8. The van der Waals surface area contributed by atoms with Gasteiger partial charge in [0.15, 0.2) is 0 Å². The molecule has 0 heterocycles. The van der Waals surface area contributed by atoms with E-state index in [1.54, 1.807) is 48.5 Å². The number of para-hydroxylation sites is 1. The van der Waals surface area contributed by atoms with E-state index in [9.17, 15) is 14.4 Å². The molecule has 6 heteroatoms. The standard InChI is InChI=1S/C28H29N3O3/c32-26(19-20-9-3-1-4-10-20)29-23-17-15-21(16-18-23)27(33)31-25-14-8-7-13-24(25)28(34)30-22-11-5-2-6-12-22/h1,3-4,7-10,13-18,22H,2,5-6,11-12,19H2,(H,29,32)(H,30,34)(H,31,33). The van der Waals surface area contributed by atoms with Crippen LogP contribution in [0.25, 0.3) is 0 Å². The minimum atomic E-state index is -0.319. The molecule has 1 aliphatic carbocycles. The predicted octanol–water partition coefficient (Wildman–Crippen LogP) is 5.18. The van der Waals surface area contributed by atoms with E-state index in [1.807, 2.05) is 30.3 Å². The van der Waals surface area contributed by atoms with Gasteiger partial charge < -0.3 is 16.0 Å². The third-order valence-corrected chi connectivity index (χ3v) is 6.00. The van der Waals surface area contributed by atoms with Gasteiger partial charge in [0.05, 0.1) is 17.7 Å². The highest BCUT2D eigenvalue weighted by Crippen LogP contribution is 2.21. The molecular weight excluding hydrogens is 426 g/mol. The molecule has 0 radical (unpaired) electrons. The summed E-state index contributed by atoms with van der Waals surface area (Å²) < 4.78 is 0. The van der Waals surface area contributed by atoms with Crippen molar-refractivity contribution in [1.82, 2.24) is 5.32 Å². The molecule has 0 atom stereocenters. The first-order valence-corrected chi connectivity index (χ1v) is 11.7. The van der Waals surface area contributed by atoms with Gasteiger partial charge in [-0.15, -0.1) is 0 Å². The summed E-state index contributed by atoms with van der Waals surface area (Å²) in [5.41, 5.74) is 2.91. The second-order valence-electron chi connectivity index (χ2n) is 8.60. The fraction of sp³-hybridized carbons (Fsp3) is 0.250. The number of benzene rings is 3. The van der Waals surface area contributed by atoms with Crippen molar-refractivity contribution < 1.29 is 14.4 Å². The fourth-order valence-corrected chi connectivity index (χ4v) is 4.19. The van der Waals surface area contributed by atoms with Gasteiger partial charge in [0.2, 0.25) is 5.91 Å². The number of hydrogen-bond donors (Lipinski definition) is 3. The number of carbonyl (C=O) groups is 3. The molecule has 0 unspecified atom stereocenters. The van der Waals surface area contributed by atoms with Crippen LogP contribution in [0.4, 0.5) is 11.4 Å². The molecule has 6 nitrogen and oxygen atoms in total. The Labute approximate surface area is 199 Å². The van der Waals surface area contributed by atoms with Crippen LogP contribution >= 0.6 is 0 Å². The third-order valence-electron chi connectivity index (χ3n) is 6.00. The molecule has 1 saturated carbocycles. The molecule has 3 N–H and O–H groups in total. The summed E-state index contributed by atoms with van der Waals surface area (Å²) in [5.74, 6) is -0.610. The largest absolute Gasteiger partial charge is 0.349 e. The predicted molar refractivity (Wildman–Crippen MR) is 134 cm³/mol. The Morgan fingerprint density at radius 2 is 1.38 bits per heavy atom. The maximum atomic E-state index is 12.8. The highest BCUT2D eigenvalue weighted by atomic mass is 16.2. The molecule has 0 saturated heterocycles. The van der Waals surface area contributed by atoms with E-state index in [0.29, 0.717) is 22.5 Å². The van der Waals surface area contributed by atoms with Crippen molar-refractivity contribution in [3.8, 4) is 0 Å². The van der Waals surface area contributed by atoms with Crippen LogP contribution in [-0.2, 0) is 11.2 Å². The highest BCUT2D eigenvalue weighted by molar-refractivity contribution is 6.09. The van der Waals surface area contributed by atoms with Gasteiger partial charge in [-0.2, -0.15) is 0 Å². The molecule has 0 bridgehead atoms. The van der Waals surface area contributed by atoms with Crippen LogP contribution in [0.3, 0.4) is 0 Å². The second-order valence-corrected chi connectivity index (χ2v) is 8.60. The van der Waals surface area contributed by atoms with Crippen LogP contribution in [0.5, 0.6) is 0 Å². The smallest absolute Gasteiger partial charge is 0.255 e. The van der Waals surface area contributed by atoms with Crippen molar-refractivity contribution in [3.05, 3.63) is 95.6 Å². The van der Waals surface area contributed by atoms with Crippen molar-refractivity contribution in [2.75, 3.05) is 10.6 Å². The SMILES string of the molecule is O=C(Cc1ccccc1)Nc1ccc(C(=O)Nc2ccccc2C(=O)NC2CCCCC2)cc1. The van der Waals surface area contributed by atoms with Crippen LogP contribution in [0.2, 0.25) is 0 Å². The Morgan fingerprint density at radius 1 is 0.706 bits per heavy atom. The first-order chi connectivity index (χ1) is 16.6. The molecule has 34 heavy (non-hydrogen) atoms. The summed E-state index contributed by atoms with van der Waals surface area (Å²) in [4.78, 5) is 37.9. The van der Waals surface area contributed by atoms with E-state index in [-0.39, 0.29) is 30.2 Å². The van der Waals surface area contributed by atoms with E-state index < -0.39 is 0 Å². The van der Waals surface area contributed by atoms with Gasteiger partial charge in [0.1, 0.15) is 0 Å². The topological polar surface area (TPSA) is 87.3 Å². The van der Waals surface area contributed by atoms with Crippen LogP contribution in [-0.4, -0.2) is 23.8 Å². The Kier molecular flexibility index (Phi) is 7.71. The van der Waals surface area contributed by atoms with Gasteiger partial charge in [0, 0.05) is 17.3 Å². The lowest BCUT2D eigenvalue weighted by molar-refractivity contribution is -0.115. The van der Waals surface area contributed by atoms with Crippen molar-refractivity contribution in [3.63, 3.8) is 0 Å². The van der Waals surface area contributed by atoms with E-state index in [0.717, 1.165) is 31.2 Å². The fourth-order valence-electron chi connectivity index (χ4n) is 4.19. The van der Waals surface area contributed by atoms with Crippen molar-refractivity contribution in [2.24, 2.45) is 0 Å². The summed E-state index contributed by atoms with van der Waals surface area (Å²) in [7, 11) is 0. The Balaban J connectivity index is 1.36. The first kappa shape index (κ1) is 23.2. The van der Waals surface area contributed by atoms with Crippen LogP contribution in [0.1, 0.15) is 58.4 Å². The minimum Gasteiger partial charge on any atom is -0.349 e. The molecule has 3 aromatic carbocycles. The van der Waals surface area contributed by atoms with Crippen molar-refractivity contribution in [2.45, 2.75) is 44.6 Å². The lowest BCUT2D eigenvalue weighted by Gasteiger charge is -2.23. The molecule has 3 aromatic rings. The number of anilines is 2. The average molecular weight is 456 g/mol. The normalized spacial score (nSPS) is 13.6. The van der Waals surface area contributed by atoms with E-state index in [4.69, 9.17) is 0 Å². The second kappa shape index (κ2) is 11.3. The highest BCUT2D eigenvalue weighted by Gasteiger charge is 2.19. The van der Waals surface area contributed by atoms with Crippen molar-refractivity contribution >= 4 is 29.1 Å². The summed E-state index contributed by atoms with van der Waals surface area (Å²) in [6, 6.07) is 23.4.